The Labute approximate surface area is 104 Å². The standard InChI is InChI=1S/C12H14N2O2S/c13-5-1-2-10-3-4-11(17-10)12(15)14-6-8-16-9-7-14/h3-4H,5-9,13H2. The van der Waals surface area contributed by atoms with E-state index in [9.17, 15) is 4.79 Å². The summed E-state index contributed by atoms with van der Waals surface area (Å²) in [6.45, 7) is 2.92. The lowest BCUT2D eigenvalue weighted by molar-refractivity contribution is 0.0306. The first-order chi connectivity index (χ1) is 8.31. The average Bonchev–Trinajstić information content (AvgIpc) is 2.85. The molecule has 0 saturated carbocycles. The van der Waals surface area contributed by atoms with Gasteiger partial charge >= 0.3 is 0 Å². The molecule has 0 aromatic carbocycles. The van der Waals surface area contributed by atoms with Crippen molar-refractivity contribution in [1.29, 1.82) is 0 Å². The summed E-state index contributed by atoms with van der Waals surface area (Å²) in [5.41, 5.74) is 5.30. The van der Waals surface area contributed by atoms with Crippen LogP contribution in [0.3, 0.4) is 0 Å². The number of amides is 1. The van der Waals surface area contributed by atoms with Gasteiger partial charge < -0.3 is 15.4 Å². The zero-order chi connectivity index (χ0) is 12.1. The number of nitrogens with two attached hydrogens (primary N) is 1. The topological polar surface area (TPSA) is 55.6 Å². The van der Waals surface area contributed by atoms with Crippen molar-refractivity contribution in [2.75, 3.05) is 32.8 Å². The number of morpholine rings is 1. The van der Waals surface area contributed by atoms with Crippen molar-refractivity contribution in [2.24, 2.45) is 5.73 Å². The van der Waals surface area contributed by atoms with Gasteiger partial charge in [-0.25, -0.2) is 0 Å². The molecule has 1 aromatic heterocycles. The summed E-state index contributed by atoms with van der Waals surface area (Å²) < 4.78 is 5.22. The Morgan fingerprint density at radius 1 is 1.47 bits per heavy atom. The van der Waals surface area contributed by atoms with Gasteiger partial charge in [-0.15, -0.1) is 11.3 Å². The van der Waals surface area contributed by atoms with Gasteiger partial charge in [-0.2, -0.15) is 0 Å². The quantitative estimate of drug-likeness (QED) is 0.740. The summed E-state index contributed by atoms with van der Waals surface area (Å²) in [7, 11) is 0. The highest BCUT2D eigenvalue weighted by Crippen LogP contribution is 2.18. The van der Waals surface area contributed by atoms with Gasteiger partial charge in [0.2, 0.25) is 0 Å². The summed E-state index contributed by atoms with van der Waals surface area (Å²) in [5.74, 6) is 5.78. The fraction of sp³-hybridized carbons (Fsp3) is 0.417. The minimum Gasteiger partial charge on any atom is -0.378 e. The molecule has 0 atom stereocenters. The molecule has 2 N–H and O–H groups in total. The lowest BCUT2D eigenvalue weighted by atomic mass is 10.3. The number of hydrogen-bond donors (Lipinski definition) is 1. The minimum atomic E-state index is 0.0686. The molecule has 4 nitrogen and oxygen atoms in total. The lowest BCUT2D eigenvalue weighted by Crippen LogP contribution is -2.40. The average molecular weight is 250 g/mol. The van der Waals surface area contributed by atoms with Crippen LogP contribution in [-0.4, -0.2) is 43.7 Å². The molecule has 0 radical (unpaired) electrons. The summed E-state index contributed by atoms with van der Waals surface area (Å²) >= 11 is 1.41. The Kier molecular flexibility index (Phi) is 4.15. The second-order valence-electron chi connectivity index (χ2n) is 3.57. The Balaban J connectivity index is 2.06. The minimum absolute atomic E-state index is 0.0686. The fourth-order valence-corrected chi connectivity index (χ4v) is 2.43. The lowest BCUT2D eigenvalue weighted by Gasteiger charge is -2.26. The van der Waals surface area contributed by atoms with Crippen molar-refractivity contribution in [1.82, 2.24) is 4.90 Å². The van der Waals surface area contributed by atoms with Gasteiger partial charge in [0.05, 0.1) is 29.5 Å². The fourth-order valence-electron chi connectivity index (χ4n) is 1.58. The molecule has 2 rings (SSSR count). The molecular weight excluding hydrogens is 236 g/mol. The van der Waals surface area contributed by atoms with E-state index in [0.29, 0.717) is 32.8 Å². The van der Waals surface area contributed by atoms with Crippen LogP contribution in [0.4, 0.5) is 0 Å². The number of carbonyl (C=O) groups excluding carboxylic acids is 1. The van der Waals surface area contributed by atoms with Crippen LogP contribution in [-0.2, 0) is 4.74 Å². The highest BCUT2D eigenvalue weighted by Gasteiger charge is 2.19. The van der Waals surface area contributed by atoms with E-state index in [1.165, 1.54) is 11.3 Å². The third-order valence-corrected chi connectivity index (χ3v) is 3.42. The number of carbonyl (C=O) groups is 1. The highest BCUT2D eigenvalue weighted by molar-refractivity contribution is 7.14. The third kappa shape index (κ3) is 3.07. The molecule has 5 heteroatoms. The molecule has 17 heavy (non-hydrogen) atoms. The highest BCUT2D eigenvalue weighted by atomic mass is 32.1. The molecule has 1 aliphatic heterocycles. The normalized spacial score (nSPS) is 15.2. The molecule has 1 fully saturated rings. The Morgan fingerprint density at radius 3 is 2.94 bits per heavy atom. The van der Waals surface area contributed by atoms with E-state index in [2.05, 4.69) is 11.8 Å². The van der Waals surface area contributed by atoms with Crippen molar-refractivity contribution in [3.8, 4) is 11.8 Å². The summed E-state index contributed by atoms with van der Waals surface area (Å²) in [6, 6.07) is 3.68. The van der Waals surface area contributed by atoms with E-state index < -0.39 is 0 Å². The predicted octanol–water partition coefficient (Wildman–Crippen LogP) is 0.531. The van der Waals surface area contributed by atoms with Crippen LogP contribution in [0.25, 0.3) is 0 Å². The number of rotatable bonds is 1. The second-order valence-corrected chi connectivity index (χ2v) is 4.66. The summed E-state index contributed by atoms with van der Waals surface area (Å²) in [6.07, 6.45) is 0. The molecule has 1 aromatic rings. The monoisotopic (exact) mass is 250 g/mol. The first kappa shape index (κ1) is 12.1. The van der Waals surface area contributed by atoms with Crippen molar-refractivity contribution in [3.63, 3.8) is 0 Å². The molecular formula is C12H14N2O2S. The van der Waals surface area contributed by atoms with E-state index in [1.807, 2.05) is 17.0 Å². The Bertz CT molecular complexity index is 453. The first-order valence-corrected chi connectivity index (χ1v) is 6.28. The predicted molar refractivity (Wildman–Crippen MR) is 67.0 cm³/mol. The van der Waals surface area contributed by atoms with Crippen LogP contribution in [0.15, 0.2) is 12.1 Å². The van der Waals surface area contributed by atoms with Gasteiger partial charge in [0, 0.05) is 13.1 Å². The molecule has 0 spiro atoms. The number of thiophene rings is 1. The molecule has 1 aliphatic rings. The summed E-state index contributed by atoms with van der Waals surface area (Å²) in [4.78, 5) is 15.5. The maximum absolute atomic E-state index is 12.1. The third-order valence-electron chi connectivity index (χ3n) is 2.43. The second kappa shape index (κ2) is 5.82. The molecule has 1 saturated heterocycles. The van der Waals surface area contributed by atoms with Crippen LogP contribution in [0, 0.1) is 11.8 Å². The van der Waals surface area contributed by atoms with Crippen LogP contribution >= 0.6 is 11.3 Å². The van der Waals surface area contributed by atoms with Gasteiger partial charge in [0.25, 0.3) is 5.91 Å². The van der Waals surface area contributed by atoms with Gasteiger partial charge in [-0.1, -0.05) is 11.8 Å². The van der Waals surface area contributed by atoms with Gasteiger partial charge in [0.15, 0.2) is 0 Å². The van der Waals surface area contributed by atoms with Gasteiger partial charge in [0.1, 0.15) is 0 Å². The number of nitrogens with zero attached hydrogens (tertiary/aromatic N) is 1. The van der Waals surface area contributed by atoms with E-state index in [-0.39, 0.29) is 5.91 Å². The van der Waals surface area contributed by atoms with Crippen LogP contribution < -0.4 is 5.73 Å². The van der Waals surface area contributed by atoms with E-state index >= 15 is 0 Å². The smallest absolute Gasteiger partial charge is 0.264 e. The Morgan fingerprint density at radius 2 is 2.24 bits per heavy atom. The summed E-state index contributed by atoms with van der Waals surface area (Å²) in [5, 5.41) is 0. The van der Waals surface area contributed by atoms with Gasteiger partial charge in [-0.3, -0.25) is 4.79 Å². The molecule has 1 amide bonds. The molecule has 0 unspecified atom stereocenters. The van der Waals surface area contributed by atoms with Crippen molar-refractivity contribution >= 4 is 17.2 Å². The van der Waals surface area contributed by atoms with Crippen molar-refractivity contribution in [2.45, 2.75) is 0 Å². The number of ether oxygens (including phenoxy) is 1. The van der Waals surface area contributed by atoms with Gasteiger partial charge in [-0.05, 0) is 12.1 Å². The largest absolute Gasteiger partial charge is 0.378 e. The zero-order valence-corrected chi connectivity index (χ0v) is 10.3. The van der Waals surface area contributed by atoms with E-state index in [4.69, 9.17) is 10.5 Å². The van der Waals surface area contributed by atoms with Crippen LogP contribution in [0.5, 0.6) is 0 Å². The van der Waals surface area contributed by atoms with Crippen molar-refractivity contribution in [3.05, 3.63) is 21.9 Å². The molecule has 0 aliphatic carbocycles. The number of hydrogen-bond acceptors (Lipinski definition) is 4. The zero-order valence-electron chi connectivity index (χ0n) is 9.44. The van der Waals surface area contributed by atoms with Crippen molar-refractivity contribution < 1.29 is 9.53 Å². The van der Waals surface area contributed by atoms with Crippen LogP contribution in [0.2, 0.25) is 0 Å². The first-order valence-electron chi connectivity index (χ1n) is 5.47. The maximum atomic E-state index is 12.1. The Hall–Kier alpha value is -1.35. The molecule has 90 valence electrons. The SMILES string of the molecule is NCC#Cc1ccc(C(=O)N2CCOCC2)s1. The van der Waals surface area contributed by atoms with Crippen LogP contribution in [0.1, 0.15) is 14.5 Å². The maximum Gasteiger partial charge on any atom is 0.264 e. The van der Waals surface area contributed by atoms with E-state index in [0.717, 1.165) is 9.75 Å². The van der Waals surface area contributed by atoms with E-state index in [1.54, 1.807) is 0 Å². The molecule has 2 heterocycles. The molecule has 0 bridgehead atoms.